The van der Waals surface area contributed by atoms with E-state index in [-0.39, 0.29) is 48.4 Å². The maximum Gasteiger partial charge on any atom is 0.515 e. The molecule has 0 saturated carbocycles. The molecule has 2 heterocycles. The molecule has 0 aliphatic heterocycles. The van der Waals surface area contributed by atoms with Crippen molar-refractivity contribution in [1.82, 2.24) is 19.5 Å². The van der Waals surface area contributed by atoms with Crippen molar-refractivity contribution in [2.24, 2.45) is 0 Å². The van der Waals surface area contributed by atoms with Crippen LogP contribution in [0.2, 0.25) is 0 Å². The first-order valence-electron chi connectivity index (χ1n) is 11.7. The van der Waals surface area contributed by atoms with Gasteiger partial charge in [0.2, 0.25) is 12.7 Å². The van der Waals surface area contributed by atoms with E-state index in [1.165, 1.54) is 42.3 Å². The van der Waals surface area contributed by atoms with Crippen molar-refractivity contribution < 1.29 is 46.1 Å². The van der Waals surface area contributed by atoms with Crippen LogP contribution in [-0.2, 0) is 36.2 Å². The van der Waals surface area contributed by atoms with E-state index in [9.17, 15) is 22.9 Å². The summed E-state index contributed by atoms with van der Waals surface area (Å²) in [5.41, 5.74) is 5.69. The molecule has 4 aromatic rings. The second-order valence-electron chi connectivity index (χ2n) is 8.15. The fraction of sp³-hybridized carbons (Fsp3) is 0.250. The van der Waals surface area contributed by atoms with Crippen LogP contribution in [-0.4, -0.2) is 52.5 Å². The highest BCUT2D eigenvalue weighted by Crippen LogP contribution is 2.49. The van der Waals surface area contributed by atoms with Gasteiger partial charge in [-0.05, 0) is 42.0 Å². The molecule has 218 valence electrons. The van der Waals surface area contributed by atoms with E-state index in [1.54, 1.807) is 0 Å². The van der Waals surface area contributed by atoms with Gasteiger partial charge in [0.1, 0.15) is 17.9 Å². The Balaban J connectivity index is 1.36. The van der Waals surface area contributed by atoms with Crippen molar-refractivity contribution in [2.75, 3.05) is 32.6 Å². The van der Waals surface area contributed by atoms with E-state index in [4.69, 9.17) is 33.7 Å². The summed E-state index contributed by atoms with van der Waals surface area (Å²) in [6.07, 6.45) is -0.443. The lowest BCUT2D eigenvalue weighted by Gasteiger charge is -2.19. The second kappa shape index (κ2) is 13.3. The molecule has 0 radical (unpaired) electrons. The van der Waals surface area contributed by atoms with Crippen molar-refractivity contribution in [1.29, 1.82) is 0 Å². The summed E-state index contributed by atoms with van der Waals surface area (Å²) in [5.74, 6) is -1.27. The number of nitrogen functional groups attached to an aromatic ring is 1. The van der Waals surface area contributed by atoms with Crippen LogP contribution in [0.3, 0.4) is 0 Å². The third kappa shape index (κ3) is 8.08. The highest BCUT2D eigenvalue weighted by Gasteiger charge is 2.27. The predicted molar refractivity (Wildman–Crippen MR) is 138 cm³/mol. The van der Waals surface area contributed by atoms with Gasteiger partial charge in [-0.15, -0.1) is 0 Å². The number of H-pyrrole nitrogens is 1. The van der Waals surface area contributed by atoms with Crippen LogP contribution in [0.15, 0.2) is 53.6 Å². The monoisotopic (exact) mass is 595 g/mol. The summed E-state index contributed by atoms with van der Waals surface area (Å²) >= 11 is 0. The number of carbonyl (C=O) groups excluding carboxylic acids is 1. The maximum atomic E-state index is 14.1. The van der Waals surface area contributed by atoms with Crippen LogP contribution in [0.25, 0.3) is 11.2 Å². The van der Waals surface area contributed by atoms with Crippen LogP contribution in [0.1, 0.15) is 5.56 Å². The summed E-state index contributed by atoms with van der Waals surface area (Å²) in [4.78, 5) is 34.2. The van der Waals surface area contributed by atoms with Gasteiger partial charge in [-0.25, -0.2) is 18.6 Å². The number of anilines is 1. The second-order valence-corrected chi connectivity index (χ2v) is 10.1. The number of nitrogens with zero attached hydrogens (tertiary/aromatic N) is 3. The Morgan fingerprint density at radius 3 is 2.66 bits per heavy atom. The number of imidazole rings is 1. The first-order valence-corrected chi connectivity index (χ1v) is 13.5. The Bertz CT molecular complexity index is 1610. The third-order valence-electron chi connectivity index (χ3n) is 5.30. The van der Waals surface area contributed by atoms with Gasteiger partial charge in [0.15, 0.2) is 22.7 Å². The van der Waals surface area contributed by atoms with Gasteiger partial charge >= 0.3 is 13.8 Å². The minimum Gasteiger partial charge on any atom is -0.494 e. The van der Waals surface area contributed by atoms with Crippen molar-refractivity contribution in [3.8, 4) is 11.5 Å². The van der Waals surface area contributed by atoms with Crippen LogP contribution in [0, 0.1) is 11.6 Å². The highest BCUT2D eigenvalue weighted by atomic mass is 31.2. The van der Waals surface area contributed by atoms with Crippen molar-refractivity contribution >= 4 is 30.9 Å². The Morgan fingerprint density at radius 2 is 1.93 bits per heavy atom. The number of halogens is 2. The number of fused-ring (bicyclic) bond motifs is 1. The van der Waals surface area contributed by atoms with Crippen LogP contribution in [0.4, 0.5) is 19.5 Å². The molecule has 17 heteroatoms. The molecule has 4 rings (SSSR count). The number of hydrogen-bond donors (Lipinski definition) is 2. The highest BCUT2D eigenvalue weighted by molar-refractivity contribution is 7.53. The fourth-order valence-corrected chi connectivity index (χ4v) is 4.48. The SMILES string of the molecule is COc1ccc(COP(=O)(COCCn2cnc3c(=O)[nH]c(N)nc32)OCOC(=O)Oc2ccc(F)cc2)cc1F. The Morgan fingerprint density at radius 1 is 1.15 bits per heavy atom. The van der Waals surface area contributed by atoms with E-state index in [0.29, 0.717) is 5.56 Å². The number of aromatic amines is 1. The Kier molecular flexibility index (Phi) is 9.62. The topological polar surface area (TPSA) is 179 Å². The fourth-order valence-electron chi connectivity index (χ4n) is 3.34. The van der Waals surface area contributed by atoms with Crippen LogP contribution in [0.5, 0.6) is 11.5 Å². The minimum absolute atomic E-state index is 0.00552. The molecule has 0 aliphatic rings. The number of benzene rings is 2. The third-order valence-corrected chi connectivity index (χ3v) is 6.82. The smallest absolute Gasteiger partial charge is 0.494 e. The molecule has 1 atom stereocenters. The van der Waals surface area contributed by atoms with Crippen LogP contribution >= 0.6 is 7.60 Å². The van der Waals surface area contributed by atoms with E-state index in [1.807, 2.05) is 0 Å². The van der Waals surface area contributed by atoms with Gasteiger partial charge in [0.05, 0.1) is 26.7 Å². The predicted octanol–water partition coefficient (Wildman–Crippen LogP) is 3.56. The number of nitrogens with one attached hydrogen (secondary N) is 1. The molecule has 41 heavy (non-hydrogen) atoms. The largest absolute Gasteiger partial charge is 0.515 e. The van der Waals surface area contributed by atoms with Gasteiger partial charge in [-0.1, -0.05) is 6.07 Å². The summed E-state index contributed by atoms with van der Waals surface area (Å²) in [5, 5.41) is 0. The molecule has 2 aromatic heterocycles. The quantitative estimate of drug-likeness (QED) is 0.0756. The standard InChI is InChI=1S/C24H24F2N5O9P/c1-35-19-7-2-15(10-18(19)26)11-38-41(34,39-13-37-24(33)40-17-5-3-16(25)4-6-17)14-36-9-8-31-12-28-20-21(31)29-23(27)30-22(20)32/h2-7,10,12H,8-9,11,13-14H2,1H3,(H3,27,29,30,32). The van der Waals surface area contributed by atoms with Gasteiger partial charge in [-0.2, -0.15) is 4.98 Å². The maximum absolute atomic E-state index is 14.1. The van der Waals surface area contributed by atoms with Crippen molar-refractivity contribution in [3.05, 3.63) is 76.3 Å². The molecule has 14 nitrogen and oxygen atoms in total. The van der Waals surface area contributed by atoms with Crippen LogP contribution < -0.4 is 20.8 Å². The lowest BCUT2D eigenvalue weighted by molar-refractivity contribution is 0.0153. The average molecular weight is 595 g/mol. The van der Waals surface area contributed by atoms with Gasteiger partial charge in [0.25, 0.3) is 5.56 Å². The Hall–Kier alpha value is -4.37. The Labute approximate surface area is 230 Å². The molecule has 0 amide bonds. The molecule has 1 unspecified atom stereocenters. The van der Waals surface area contributed by atoms with Gasteiger partial charge in [0, 0.05) is 6.54 Å². The summed E-state index contributed by atoms with van der Waals surface area (Å²) < 4.78 is 72.6. The summed E-state index contributed by atoms with van der Waals surface area (Å²) in [6, 6.07) is 8.56. The lowest BCUT2D eigenvalue weighted by Crippen LogP contribution is -2.15. The average Bonchev–Trinajstić information content (AvgIpc) is 3.34. The molecule has 0 saturated heterocycles. The zero-order valence-corrected chi connectivity index (χ0v) is 22.3. The zero-order chi connectivity index (χ0) is 29.4. The summed E-state index contributed by atoms with van der Waals surface area (Å²) in [6.45, 7) is -1.12. The zero-order valence-electron chi connectivity index (χ0n) is 21.5. The normalized spacial score (nSPS) is 12.7. The van der Waals surface area contributed by atoms with Crippen molar-refractivity contribution in [3.63, 3.8) is 0 Å². The van der Waals surface area contributed by atoms with E-state index < -0.39 is 44.1 Å². The van der Waals surface area contributed by atoms with Crippen molar-refractivity contribution in [2.45, 2.75) is 13.2 Å². The number of carbonyl (C=O) groups is 1. The molecular formula is C24H24F2N5O9P. The minimum atomic E-state index is -4.11. The number of aromatic nitrogens is 4. The molecule has 0 spiro atoms. The van der Waals surface area contributed by atoms with Gasteiger partial charge < -0.3 is 33.8 Å². The molecule has 2 aromatic carbocycles. The molecular weight excluding hydrogens is 571 g/mol. The van der Waals surface area contributed by atoms with Gasteiger partial charge in [-0.3, -0.25) is 18.9 Å². The molecule has 0 fully saturated rings. The van der Waals surface area contributed by atoms with E-state index in [2.05, 4.69) is 15.0 Å². The summed E-state index contributed by atoms with van der Waals surface area (Å²) in [7, 11) is -2.80. The number of nitrogens with two attached hydrogens (primary N) is 1. The van der Waals surface area contributed by atoms with E-state index in [0.717, 1.165) is 18.2 Å². The molecule has 0 bridgehead atoms. The number of ether oxygens (including phenoxy) is 4. The first kappa shape index (κ1) is 29.6. The lowest BCUT2D eigenvalue weighted by atomic mass is 10.2. The molecule has 3 N–H and O–H groups in total. The number of methoxy groups -OCH3 is 1. The first-order chi connectivity index (χ1) is 19.7. The number of rotatable bonds is 13. The molecule has 0 aliphatic carbocycles. The van der Waals surface area contributed by atoms with E-state index >= 15 is 0 Å². The number of hydrogen-bond acceptors (Lipinski definition) is 12.